The van der Waals surface area contributed by atoms with E-state index in [1.54, 1.807) is 0 Å². The zero-order chi connectivity index (χ0) is 13.2. The van der Waals surface area contributed by atoms with Crippen LogP contribution in [0.1, 0.15) is 25.3 Å². The summed E-state index contributed by atoms with van der Waals surface area (Å²) in [5.41, 5.74) is 2.32. The molecule has 4 heteroatoms. The first-order valence-corrected chi connectivity index (χ1v) is 6.61. The van der Waals surface area contributed by atoms with Crippen LogP contribution in [0.4, 0.5) is 0 Å². The van der Waals surface area contributed by atoms with Crippen LogP contribution in [0.3, 0.4) is 0 Å². The summed E-state index contributed by atoms with van der Waals surface area (Å²) in [7, 11) is 0. The van der Waals surface area contributed by atoms with Crippen molar-refractivity contribution in [2.24, 2.45) is 0 Å². The molecule has 1 saturated carbocycles. The minimum Gasteiger partial charge on any atom is -0.490 e. The quantitative estimate of drug-likeness (QED) is 0.914. The van der Waals surface area contributed by atoms with Crippen molar-refractivity contribution in [3.05, 3.63) is 46.5 Å². The number of nitrogens with zero attached hydrogens (tertiary/aromatic N) is 1. The molecule has 0 spiro atoms. The van der Waals surface area contributed by atoms with Gasteiger partial charge in [-0.15, -0.1) is 0 Å². The van der Waals surface area contributed by atoms with Gasteiger partial charge in [0, 0.05) is 11.1 Å². The molecule has 1 N–H and O–H groups in total. The van der Waals surface area contributed by atoms with Crippen LogP contribution in [-0.2, 0) is 6.42 Å². The average molecular weight is 256 g/mol. The third-order valence-electron chi connectivity index (χ3n) is 3.24. The standard InChI is InChI=1S/C15H16N2O2/c1-2-13-14(16-9-17-15(13)18)10-4-3-5-12(8-10)19-11-6-7-11/h3-5,8-9,11H,2,6-7H2,1H3,(H,16,17,18). The Bertz CT molecular complexity index is 645. The van der Waals surface area contributed by atoms with E-state index in [0.29, 0.717) is 18.1 Å². The molecule has 0 radical (unpaired) electrons. The summed E-state index contributed by atoms with van der Waals surface area (Å²) in [6.45, 7) is 1.96. The number of aromatic nitrogens is 2. The fraction of sp³-hybridized carbons (Fsp3) is 0.333. The first-order chi connectivity index (χ1) is 9.28. The largest absolute Gasteiger partial charge is 0.490 e. The molecule has 1 aliphatic rings. The van der Waals surface area contributed by atoms with Gasteiger partial charge in [0.25, 0.3) is 5.56 Å². The molecule has 19 heavy (non-hydrogen) atoms. The highest BCUT2D eigenvalue weighted by atomic mass is 16.5. The van der Waals surface area contributed by atoms with Gasteiger partial charge < -0.3 is 9.72 Å². The second-order valence-electron chi connectivity index (χ2n) is 4.76. The van der Waals surface area contributed by atoms with Gasteiger partial charge in [-0.25, -0.2) is 4.98 Å². The summed E-state index contributed by atoms with van der Waals surface area (Å²) in [5, 5.41) is 0. The van der Waals surface area contributed by atoms with E-state index in [1.165, 1.54) is 6.33 Å². The molecule has 1 fully saturated rings. The Morgan fingerprint density at radius 1 is 1.42 bits per heavy atom. The van der Waals surface area contributed by atoms with Gasteiger partial charge in [-0.1, -0.05) is 19.1 Å². The number of ether oxygens (including phenoxy) is 1. The van der Waals surface area contributed by atoms with Gasteiger partial charge in [0.1, 0.15) is 5.75 Å². The van der Waals surface area contributed by atoms with Crippen molar-refractivity contribution in [3.8, 4) is 17.0 Å². The third kappa shape index (κ3) is 2.52. The summed E-state index contributed by atoms with van der Waals surface area (Å²) in [6, 6.07) is 7.80. The molecule has 98 valence electrons. The summed E-state index contributed by atoms with van der Waals surface area (Å²) in [6.07, 6.45) is 4.74. The molecule has 4 nitrogen and oxygen atoms in total. The Morgan fingerprint density at radius 3 is 3.00 bits per heavy atom. The fourth-order valence-corrected chi connectivity index (χ4v) is 2.10. The van der Waals surface area contributed by atoms with Crippen molar-refractivity contribution in [1.29, 1.82) is 0 Å². The van der Waals surface area contributed by atoms with Gasteiger partial charge in [0.15, 0.2) is 0 Å². The van der Waals surface area contributed by atoms with E-state index in [-0.39, 0.29) is 5.56 Å². The molecule has 1 heterocycles. The predicted molar refractivity (Wildman–Crippen MR) is 73.3 cm³/mol. The minimum absolute atomic E-state index is 0.0685. The molecule has 1 aliphatic carbocycles. The monoisotopic (exact) mass is 256 g/mol. The Morgan fingerprint density at radius 2 is 2.26 bits per heavy atom. The van der Waals surface area contributed by atoms with E-state index in [4.69, 9.17) is 4.74 Å². The van der Waals surface area contributed by atoms with Crippen LogP contribution in [-0.4, -0.2) is 16.1 Å². The van der Waals surface area contributed by atoms with E-state index < -0.39 is 0 Å². The summed E-state index contributed by atoms with van der Waals surface area (Å²) in [4.78, 5) is 18.7. The number of hydrogen-bond acceptors (Lipinski definition) is 3. The Hall–Kier alpha value is -2.10. The first kappa shape index (κ1) is 12.0. The average Bonchev–Trinajstić information content (AvgIpc) is 3.23. The molecule has 0 amide bonds. The van der Waals surface area contributed by atoms with Crippen LogP contribution < -0.4 is 10.3 Å². The second-order valence-corrected chi connectivity index (χ2v) is 4.76. The topological polar surface area (TPSA) is 55.0 Å². The highest BCUT2D eigenvalue weighted by Gasteiger charge is 2.23. The number of nitrogens with one attached hydrogen (secondary N) is 1. The Kier molecular flexibility index (Phi) is 3.07. The van der Waals surface area contributed by atoms with Gasteiger partial charge >= 0.3 is 0 Å². The summed E-state index contributed by atoms with van der Waals surface area (Å²) < 4.78 is 5.78. The van der Waals surface area contributed by atoms with E-state index in [1.807, 2.05) is 31.2 Å². The smallest absolute Gasteiger partial charge is 0.254 e. The molecule has 2 aromatic rings. The van der Waals surface area contributed by atoms with Crippen molar-refractivity contribution in [2.45, 2.75) is 32.3 Å². The van der Waals surface area contributed by atoms with Crippen LogP contribution in [0.25, 0.3) is 11.3 Å². The fourth-order valence-electron chi connectivity index (χ4n) is 2.10. The normalized spacial score (nSPS) is 14.4. The van der Waals surface area contributed by atoms with Crippen molar-refractivity contribution in [2.75, 3.05) is 0 Å². The van der Waals surface area contributed by atoms with Crippen LogP contribution in [0.2, 0.25) is 0 Å². The zero-order valence-electron chi connectivity index (χ0n) is 10.8. The zero-order valence-corrected chi connectivity index (χ0v) is 10.8. The van der Waals surface area contributed by atoms with Gasteiger partial charge in [-0.2, -0.15) is 0 Å². The molecule has 1 aromatic heterocycles. The number of rotatable bonds is 4. The molecular weight excluding hydrogens is 240 g/mol. The molecule has 0 bridgehead atoms. The maximum Gasteiger partial charge on any atom is 0.254 e. The minimum atomic E-state index is -0.0685. The third-order valence-corrected chi connectivity index (χ3v) is 3.24. The summed E-state index contributed by atoms with van der Waals surface area (Å²) >= 11 is 0. The van der Waals surface area contributed by atoms with Crippen LogP contribution >= 0.6 is 0 Å². The van der Waals surface area contributed by atoms with Crippen molar-refractivity contribution < 1.29 is 4.74 Å². The molecule has 0 atom stereocenters. The lowest BCUT2D eigenvalue weighted by molar-refractivity contribution is 0.303. The number of H-pyrrole nitrogens is 1. The first-order valence-electron chi connectivity index (χ1n) is 6.61. The van der Waals surface area contributed by atoms with Crippen molar-refractivity contribution >= 4 is 0 Å². The summed E-state index contributed by atoms with van der Waals surface area (Å²) in [5.74, 6) is 0.851. The maximum atomic E-state index is 11.8. The lowest BCUT2D eigenvalue weighted by Gasteiger charge is -2.08. The maximum absolute atomic E-state index is 11.8. The van der Waals surface area contributed by atoms with Crippen molar-refractivity contribution in [1.82, 2.24) is 9.97 Å². The number of aromatic amines is 1. The van der Waals surface area contributed by atoms with Gasteiger partial charge in [0.05, 0.1) is 18.1 Å². The Labute approximate surface area is 111 Å². The molecular formula is C15H16N2O2. The molecule has 3 rings (SSSR count). The van der Waals surface area contributed by atoms with E-state index in [0.717, 1.165) is 29.8 Å². The van der Waals surface area contributed by atoms with Crippen LogP contribution in [0.5, 0.6) is 5.75 Å². The lowest BCUT2D eigenvalue weighted by atomic mass is 10.1. The van der Waals surface area contributed by atoms with Gasteiger partial charge in [-0.05, 0) is 31.4 Å². The van der Waals surface area contributed by atoms with E-state index in [2.05, 4.69) is 9.97 Å². The van der Waals surface area contributed by atoms with E-state index in [9.17, 15) is 4.79 Å². The Balaban J connectivity index is 2.01. The number of benzene rings is 1. The lowest BCUT2D eigenvalue weighted by Crippen LogP contribution is -2.14. The van der Waals surface area contributed by atoms with E-state index >= 15 is 0 Å². The second kappa shape index (κ2) is 4.88. The number of hydrogen-bond donors (Lipinski definition) is 1. The molecule has 0 aliphatic heterocycles. The molecule has 0 saturated heterocycles. The highest BCUT2D eigenvalue weighted by molar-refractivity contribution is 5.64. The molecule has 0 unspecified atom stereocenters. The SMILES string of the molecule is CCc1c(-c2cccc(OC3CC3)c2)nc[nH]c1=O. The highest BCUT2D eigenvalue weighted by Crippen LogP contribution is 2.29. The predicted octanol–water partition coefficient (Wildman–Crippen LogP) is 2.54. The van der Waals surface area contributed by atoms with Gasteiger partial charge in [-0.3, -0.25) is 4.79 Å². The van der Waals surface area contributed by atoms with Gasteiger partial charge in [0.2, 0.25) is 0 Å². The van der Waals surface area contributed by atoms with Crippen LogP contribution in [0.15, 0.2) is 35.4 Å². The van der Waals surface area contributed by atoms with Crippen molar-refractivity contribution in [3.63, 3.8) is 0 Å². The van der Waals surface area contributed by atoms with Crippen LogP contribution in [0, 0.1) is 0 Å². The molecule has 1 aromatic carbocycles.